The summed E-state index contributed by atoms with van der Waals surface area (Å²) < 4.78 is 18.7. The molecule has 0 aromatic heterocycles. The third-order valence-electron chi connectivity index (χ3n) is 4.02. The van der Waals surface area contributed by atoms with Gasteiger partial charge in [-0.25, -0.2) is 4.39 Å². The van der Waals surface area contributed by atoms with Crippen molar-refractivity contribution < 1.29 is 13.9 Å². The Balaban J connectivity index is 1.82. The molecule has 1 aliphatic heterocycles. The molecule has 1 saturated carbocycles. The first-order chi connectivity index (χ1) is 9.08. The maximum absolute atomic E-state index is 13.1. The van der Waals surface area contributed by atoms with Crippen LogP contribution in [0.15, 0.2) is 18.2 Å². The van der Waals surface area contributed by atoms with Crippen molar-refractivity contribution >= 4 is 11.6 Å². The number of primary amides is 1. The number of carbonyl (C=O) groups excluding carboxylic acids is 1. The first-order valence-electron chi connectivity index (χ1n) is 6.31. The average Bonchev–Trinajstić information content (AvgIpc) is 2.81. The SMILES string of the molecule is NC(=O)c1cc(F)ccc1NC1C(N)C2CCOC21. The molecule has 1 aromatic carbocycles. The summed E-state index contributed by atoms with van der Waals surface area (Å²) in [6.07, 6.45) is 1.04. The van der Waals surface area contributed by atoms with Crippen molar-refractivity contribution in [2.24, 2.45) is 17.4 Å². The molecule has 5 nitrogen and oxygen atoms in total. The molecule has 5 N–H and O–H groups in total. The van der Waals surface area contributed by atoms with E-state index in [4.69, 9.17) is 16.2 Å². The van der Waals surface area contributed by atoms with Crippen molar-refractivity contribution in [3.8, 4) is 0 Å². The lowest BCUT2D eigenvalue weighted by molar-refractivity contribution is 0.00534. The van der Waals surface area contributed by atoms with E-state index < -0.39 is 11.7 Å². The Kier molecular flexibility index (Phi) is 2.91. The van der Waals surface area contributed by atoms with E-state index in [0.29, 0.717) is 18.2 Å². The van der Waals surface area contributed by atoms with Gasteiger partial charge in [0.15, 0.2) is 0 Å². The van der Waals surface area contributed by atoms with Crippen molar-refractivity contribution in [2.75, 3.05) is 11.9 Å². The highest BCUT2D eigenvalue weighted by molar-refractivity contribution is 5.98. The van der Waals surface area contributed by atoms with E-state index in [1.165, 1.54) is 12.1 Å². The number of nitrogens with two attached hydrogens (primary N) is 2. The average molecular weight is 265 g/mol. The molecule has 1 aromatic rings. The molecule has 6 heteroatoms. The van der Waals surface area contributed by atoms with Crippen LogP contribution in [0.2, 0.25) is 0 Å². The molecule has 102 valence electrons. The lowest BCUT2D eigenvalue weighted by atomic mass is 9.72. The van der Waals surface area contributed by atoms with Gasteiger partial charge in [0, 0.05) is 24.3 Å². The fourth-order valence-electron chi connectivity index (χ4n) is 2.95. The van der Waals surface area contributed by atoms with E-state index in [1.54, 1.807) is 0 Å². The van der Waals surface area contributed by atoms with Crippen LogP contribution in [0, 0.1) is 11.7 Å². The van der Waals surface area contributed by atoms with Crippen molar-refractivity contribution in [2.45, 2.75) is 24.6 Å². The minimum absolute atomic E-state index is 0.0155. The Morgan fingerprint density at radius 2 is 2.26 bits per heavy atom. The third-order valence-corrected chi connectivity index (χ3v) is 4.02. The monoisotopic (exact) mass is 265 g/mol. The summed E-state index contributed by atoms with van der Waals surface area (Å²) in [4.78, 5) is 11.3. The first-order valence-corrected chi connectivity index (χ1v) is 6.31. The fraction of sp³-hybridized carbons (Fsp3) is 0.462. The van der Waals surface area contributed by atoms with Gasteiger partial charge in [-0.1, -0.05) is 0 Å². The third kappa shape index (κ3) is 1.97. The highest BCUT2D eigenvalue weighted by Gasteiger charge is 2.52. The predicted octanol–water partition coefficient (Wildman–Crippen LogP) is 0.451. The number of rotatable bonds is 3. The van der Waals surface area contributed by atoms with Crippen LogP contribution in [0.5, 0.6) is 0 Å². The van der Waals surface area contributed by atoms with E-state index in [-0.39, 0.29) is 23.8 Å². The van der Waals surface area contributed by atoms with Crippen LogP contribution in [-0.2, 0) is 4.74 Å². The quantitative estimate of drug-likeness (QED) is 0.740. The Morgan fingerprint density at radius 1 is 1.47 bits per heavy atom. The second-order valence-corrected chi connectivity index (χ2v) is 5.09. The zero-order valence-electron chi connectivity index (χ0n) is 10.3. The maximum atomic E-state index is 13.1. The van der Waals surface area contributed by atoms with Gasteiger partial charge in [-0.2, -0.15) is 0 Å². The van der Waals surface area contributed by atoms with Gasteiger partial charge in [-0.3, -0.25) is 4.79 Å². The normalized spacial score (nSPS) is 32.5. The summed E-state index contributed by atoms with van der Waals surface area (Å²) in [6.45, 7) is 0.716. The lowest BCUT2D eigenvalue weighted by Gasteiger charge is -2.46. The molecule has 1 aliphatic carbocycles. The largest absolute Gasteiger partial charge is 0.377 e. The number of hydrogen-bond donors (Lipinski definition) is 3. The molecule has 3 rings (SSSR count). The Morgan fingerprint density at radius 3 is 3.00 bits per heavy atom. The summed E-state index contributed by atoms with van der Waals surface area (Å²) in [6, 6.07) is 3.84. The van der Waals surface area contributed by atoms with Crippen molar-refractivity contribution in [3.63, 3.8) is 0 Å². The Bertz CT molecular complexity index is 523. The van der Waals surface area contributed by atoms with Crippen molar-refractivity contribution in [1.29, 1.82) is 0 Å². The first kappa shape index (κ1) is 12.4. The number of carbonyl (C=O) groups is 1. The summed E-state index contributed by atoms with van der Waals surface area (Å²) in [5.74, 6) is -0.791. The molecule has 1 saturated heterocycles. The van der Waals surface area contributed by atoms with Gasteiger partial charge in [0.2, 0.25) is 0 Å². The number of hydrogen-bond acceptors (Lipinski definition) is 4. The number of anilines is 1. The van der Waals surface area contributed by atoms with Crippen LogP contribution in [0.25, 0.3) is 0 Å². The van der Waals surface area contributed by atoms with Crippen LogP contribution < -0.4 is 16.8 Å². The summed E-state index contributed by atoms with van der Waals surface area (Å²) in [5, 5.41) is 3.16. The lowest BCUT2D eigenvalue weighted by Crippen LogP contribution is -2.65. The van der Waals surface area contributed by atoms with E-state index in [9.17, 15) is 9.18 Å². The van der Waals surface area contributed by atoms with Gasteiger partial charge in [-0.15, -0.1) is 0 Å². The number of fused-ring (bicyclic) bond motifs is 1. The summed E-state index contributed by atoms with van der Waals surface area (Å²) in [5.41, 5.74) is 12.0. The van der Waals surface area contributed by atoms with Crippen LogP contribution in [0.3, 0.4) is 0 Å². The van der Waals surface area contributed by atoms with Gasteiger partial charge in [0.1, 0.15) is 5.82 Å². The van der Waals surface area contributed by atoms with Crippen LogP contribution in [0.1, 0.15) is 16.8 Å². The molecule has 0 spiro atoms. The molecule has 4 unspecified atom stereocenters. The highest BCUT2D eigenvalue weighted by atomic mass is 19.1. The van der Waals surface area contributed by atoms with E-state index in [1.807, 2.05) is 0 Å². The highest BCUT2D eigenvalue weighted by Crippen LogP contribution is 2.39. The Labute approximate surface area is 110 Å². The molecule has 1 amide bonds. The van der Waals surface area contributed by atoms with E-state index in [0.717, 1.165) is 12.5 Å². The second kappa shape index (κ2) is 4.47. The van der Waals surface area contributed by atoms with Crippen LogP contribution >= 0.6 is 0 Å². The zero-order valence-corrected chi connectivity index (χ0v) is 10.3. The molecule has 0 bridgehead atoms. The minimum atomic E-state index is -0.668. The van der Waals surface area contributed by atoms with E-state index in [2.05, 4.69) is 5.32 Å². The molecular formula is C13H16FN3O2. The van der Waals surface area contributed by atoms with E-state index >= 15 is 0 Å². The molecule has 4 atom stereocenters. The van der Waals surface area contributed by atoms with Gasteiger partial charge >= 0.3 is 0 Å². The second-order valence-electron chi connectivity index (χ2n) is 5.09. The van der Waals surface area contributed by atoms with Crippen molar-refractivity contribution in [3.05, 3.63) is 29.6 Å². The number of ether oxygens (including phenoxy) is 1. The molecule has 2 aliphatic rings. The molecular weight excluding hydrogens is 249 g/mol. The molecule has 2 fully saturated rings. The Hall–Kier alpha value is -1.66. The predicted molar refractivity (Wildman–Crippen MR) is 68.2 cm³/mol. The minimum Gasteiger partial charge on any atom is -0.377 e. The van der Waals surface area contributed by atoms with Gasteiger partial charge in [-0.05, 0) is 24.6 Å². The number of halogens is 1. The summed E-state index contributed by atoms with van der Waals surface area (Å²) >= 11 is 0. The topological polar surface area (TPSA) is 90.4 Å². The van der Waals surface area contributed by atoms with Crippen molar-refractivity contribution in [1.82, 2.24) is 0 Å². The molecule has 0 radical (unpaired) electrons. The fourth-order valence-corrected chi connectivity index (χ4v) is 2.95. The smallest absolute Gasteiger partial charge is 0.250 e. The van der Waals surface area contributed by atoms with Crippen LogP contribution in [0.4, 0.5) is 10.1 Å². The van der Waals surface area contributed by atoms with Gasteiger partial charge in [0.05, 0.1) is 17.7 Å². The van der Waals surface area contributed by atoms with Crippen LogP contribution in [-0.4, -0.2) is 30.7 Å². The number of amides is 1. The number of nitrogens with one attached hydrogen (secondary N) is 1. The van der Waals surface area contributed by atoms with Gasteiger partial charge < -0.3 is 21.5 Å². The zero-order chi connectivity index (χ0) is 13.6. The number of benzene rings is 1. The summed E-state index contributed by atoms with van der Waals surface area (Å²) in [7, 11) is 0. The molecule has 1 heterocycles. The maximum Gasteiger partial charge on any atom is 0.250 e. The standard InChI is InChI=1S/C13H16FN3O2/c14-6-1-2-9(8(5-6)13(16)18)17-11-10(15)7-3-4-19-12(7)11/h1-2,5,7,10-12,17H,3-4,15H2,(H2,16,18). The molecule has 19 heavy (non-hydrogen) atoms. The van der Waals surface area contributed by atoms with Gasteiger partial charge in [0.25, 0.3) is 5.91 Å².